The van der Waals surface area contributed by atoms with E-state index in [1.807, 2.05) is 43.0 Å². The van der Waals surface area contributed by atoms with Crippen molar-refractivity contribution in [1.29, 1.82) is 0 Å². The second-order valence-corrected chi connectivity index (χ2v) is 12.5. The molecule has 0 saturated carbocycles. The van der Waals surface area contributed by atoms with Crippen molar-refractivity contribution in [2.75, 3.05) is 0 Å². The number of benzene rings is 6. The lowest BCUT2D eigenvalue weighted by atomic mass is 9.91. The van der Waals surface area contributed by atoms with Gasteiger partial charge in [0.25, 0.3) is 0 Å². The van der Waals surface area contributed by atoms with E-state index in [2.05, 4.69) is 156 Å². The van der Waals surface area contributed by atoms with Gasteiger partial charge < -0.3 is 0 Å². The lowest BCUT2D eigenvalue weighted by Gasteiger charge is -2.14. The zero-order valence-corrected chi connectivity index (χ0v) is 27.2. The minimum atomic E-state index is 1.00. The molecule has 50 heavy (non-hydrogen) atoms. The predicted molar refractivity (Wildman–Crippen MR) is 207 cm³/mol. The molecule has 0 aliphatic carbocycles. The van der Waals surface area contributed by atoms with Crippen LogP contribution in [0, 0.1) is 0 Å². The molecule has 3 heterocycles. The first-order valence-electron chi connectivity index (χ1n) is 16.8. The lowest BCUT2D eigenvalue weighted by Crippen LogP contribution is -1.92. The first-order valence-corrected chi connectivity index (χ1v) is 16.8. The zero-order chi connectivity index (χ0) is 33.3. The monoisotopic (exact) mass is 637 g/mol. The number of rotatable bonds is 6. The van der Waals surface area contributed by atoms with Crippen molar-refractivity contribution in [3.05, 3.63) is 189 Å². The fourth-order valence-electron chi connectivity index (χ4n) is 6.95. The van der Waals surface area contributed by atoms with Crippen LogP contribution < -0.4 is 0 Å². The molecule has 3 nitrogen and oxygen atoms in total. The molecule has 0 aliphatic heterocycles. The van der Waals surface area contributed by atoms with Crippen LogP contribution in [0.1, 0.15) is 0 Å². The van der Waals surface area contributed by atoms with E-state index in [4.69, 9.17) is 4.98 Å². The summed E-state index contributed by atoms with van der Waals surface area (Å²) in [6.45, 7) is 0. The average molecular weight is 638 g/mol. The molecule has 0 radical (unpaired) electrons. The molecule has 9 rings (SSSR count). The molecule has 9 aromatic rings. The van der Waals surface area contributed by atoms with Gasteiger partial charge in [-0.05, 0) is 80.9 Å². The Bertz CT molecular complexity index is 2540. The summed E-state index contributed by atoms with van der Waals surface area (Å²) in [7, 11) is 0. The van der Waals surface area contributed by atoms with Crippen LogP contribution in [-0.2, 0) is 0 Å². The summed E-state index contributed by atoms with van der Waals surface area (Å²) in [6, 6.07) is 58.2. The van der Waals surface area contributed by atoms with Crippen molar-refractivity contribution < 1.29 is 0 Å². The molecule has 0 aliphatic rings. The summed E-state index contributed by atoms with van der Waals surface area (Å²) in [5, 5.41) is 3.55. The second kappa shape index (κ2) is 12.7. The molecular formula is C47H31N3. The maximum Gasteiger partial charge on any atom is 0.0788 e. The molecule has 3 heteroatoms. The third-order valence-electron chi connectivity index (χ3n) is 9.44. The number of nitrogens with zero attached hydrogens (tertiary/aromatic N) is 3. The summed E-state index contributed by atoms with van der Waals surface area (Å²) in [5.74, 6) is 0. The summed E-state index contributed by atoms with van der Waals surface area (Å²) >= 11 is 0. The third kappa shape index (κ3) is 5.51. The number of para-hydroxylation sites is 1. The highest BCUT2D eigenvalue weighted by Crippen LogP contribution is 2.39. The molecular weight excluding hydrogens is 607 g/mol. The molecule has 3 aromatic heterocycles. The Kier molecular flexibility index (Phi) is 7.49. The van der Waals surface area contributed by atoms with Gasteiger partial charge in [0.2, 0.25) is 0 Å². The lowest BCUT2D eigenvalue weighted by molar-refractivity contribution is 1.32. The van der Waals surface area contributed by atoms with Gasteiger partial charge >= 0.3 is 0 Å². The molecule has 6 aromatic carbocycles. The highest BCUT2D eigenvalue weighted by Gasteiger charge is 2.15. The van der Waals surface area contributed by atoms with Gasteiger partial charge in [-0.25, -0.2) is 4.98 Å². The van der Waals surface area contributed by atoms with E-state index in [0.717, 1.165) is 60.9 Å². The minimum Gasteiger partial charge on any atom is -0.264 e. The molecule has 234 valence electrons. The van der Waals surface area contributed by atoms with Crippen LogP contribution in [0.2, 0.25) is 0 Å². The molecule has 0 N–H and O–H groups in total. The third-order valence-corrected chi connectivity index (χ3v) is 9.44. The van der Waals surface area contributed by atoms with E-state index in [0.29, 0.717) is 0 Å². The standard InChI is InChI=1S/C47H31N3/c1-2-9-36(10-3-1)47-44-15-6-14-42(46(44)43-13-4-5-16-45(43)50-47)35-23-21-33(22-24-35)32-17-19-34(20-18-32)39-27-40(37-11-7-25-48-30-37)29-41(28-39)38-12-8-26-49-31-38/h1-31H. The van der Waals surface area contributed by atoms with Crippen LogP contribution in [0.4, 0.5) is 0 Å². The van der Waals surface area contributed by atoms with Crippen LogP contribution >= 0.6 is 0 Å². The Labute approximate surface area is 291 Å². The molecule has 0 spiro atoms. The van der Waals surface area contributed by atoms with Crippen LogP contribution in [-0.4, -0.2) is 15.0 Å². The van der Waals surface area contributed by atoms with Gasteiger partial charge in [-0.3, -0.25) is 9.97 Å². The quantitative estimate of drug-likeness (QED) is 0.170. The fourth-order valence-corrected chi connectivity index (χ4v) is 6.95. The summed E-state index contributed by atoms with van der Waals surface area (Å²) in [6.07, 6.45) is 7.45. The van der Waals surface area contributed by atoms with Crippen molar-refractivity contribution in [3.63, 3.8) is 0 Å². The Balaban J connectivity index is 1.08. The van der Waals surface area contributed by atoms with Gasteiger partial charge in [0, 0.05) is 57.6 Å². The largest absolute Gasteiger partial charge is 0.264 e. The Morgan fingerprint density at radius 3 is 1.42 bits per heavy atom. The molecule has 0 saturated heterocycles. The highest BCUT2D eigenvalue weighted by molar-refractivity contribution is 6.17. The van der Waals surface area contributed by atoms with Gasteiger partial charge in [-0.1, -0.05) is 127 Å². The molecule has 0 amide bonds. The highest BCUT2D eigenvalue weighted by atomic mass is 14.7. The van der Waals surface area contributed by atoms with Gasteiger partial charge in [-0.2, -0.15) is 0 Å². The van der Waals surface area contributed by atoms with E-state index in [-0.39, 0.29) is 0 Å². The zero-order valence-electron chi connectivity index (χ0n) is 27.2. The van der Waals surface area contributed by atoms with Crippen molar-refractivity contribution in [2.24, 2.45) is 0 Å². The number of hydrogen-bond acceptors (Lipinski definition) is 3. The maximum absolute atomic E-state index is 5.13. The first-order chi connectivity index (χ1) is 24.8. The number of pyridine rings is 3. The average Bonchev–Trinajstić information content (AvgIpc) is 3.21. The molecule has 0 unspecified atom stereocenters. The molecule has 0 fully saturated rings. The SMILES string of the molecule is c1ccc(-c2nc3ccccc3c3c(-c4ccc(-c5ccc(-c6cc(-c7cccnc7)cc(-c7cccnc7)c6)cc5)cc4)cccc23)cc1. The van der Waals surface area contributed by atoms with Crippen molar-refractivity contribution >= 4 is 21.7 Å². The normalized spacial score (nSPS) is 11.2. The van der Waals surface area contributed by atoms with Gasteiger partial charge in [-0.15, -0.1) is 0 Å². The van der Waals surface area contributed by atoms with Gasteiger partial charge in [0.05, 0.1) is 11.2 Å². The predicted octanol–water partition coefficient (Wildman–Crippen LogP) is 12.2. The van der Waals surface area contributed by atoms with Crippen molar-refractivity contribution in [1.82, 2.24) is 15.0 Å². The summed E-state index contributed by atoms with van der Waals surface area (Å²) < 4.78 is 0. The van der Waals surface area contributed by atoms with Crippen LogP contribution in [0.15, 0.2) is 189 Å². The molecule has 0 atom stereocenters. The summed E-state index contributed by atoms with van der Waals surface area (Å²) in [4.78, 5) is 13.9. The second-order valence-electron chi connectivity index (χ2n) is 12.5. The smallest absolute Gasteiger partial charge is 0.0788 e. The topological polar surface area (TPSA) is 38.7 Å². The number of hydrogen-bond donors (Lipinski definition) is 0. The fraction of sp³-hybridized carbons (Fsp3) is 0. The van der Waals surface area contributed by atoms with E-state index in [1.165, 1.54) is 27.6 Å². The van der Waals surface area contributed by atoms with Crippen molar-refractivity contribution in [3.8, 4) is 66.9 Å². The van der Waals surface area contributed by atoms with E-state index >= 15 is 0 Å². The number of aromatic nitrogens is 3. The molecule has 0 bridgehead atoms. The van der Waals surface area contributed by atoms with E-state index in [1.54, 1.807) is 0 Å². The van der Waals surface area contributed by atoms with Crippen LogP contribution in [0.5, 0.6) is 0 Å². The van der Waals surface area contributed by atoms with Crippen LogP contribution in [0.3, 0.4) is 0 Å². The van der Waals surface area contributed by atoms with Crippen molar-refractivity contribution in [2.45, 2.75) is 0 Å². The van der Waals surface area contributed by atoms with Crippen LogP contribution in [0.25, 0.3) is 88.6 Å². The first kappa shape index (κ1) is 29.4. The number of fused-ring (bicyclic) bond motifs is 3. The van der Waals surface area contributed by atoms with E-state index < -0.39 is 0 Å². The maximum atomic E-state index is 5.13. The van der Waals surface area contributed by atoms with Gasteiger partial charge in [0.15, 0.2) is 0 Å². The minimum absolute atomic E-state index is 1.00. The Morgan fingerprint density at radius 1 is 0.320 bits per heavy atom. The van der Waals surface area contributed by atoms with Gasteiger partial charge in [0.1, 0.15) is 0 Å². The Hall–Kier alpha value is -6.71. The Morgan fingerprint density at radius 2 is 0.820 bits per heavy atom. The van der Waals surface area contributed by atoms with E-state index in [9.17, 15) is 0 Å². The summed E-state index contributed by atoms with van der Waals surface area (Å²) in [5.41, 5.74) is 14.6.